The number of aromatic hydroxyl groups is 1. The molecule has 6 nitrogen and oxygen atoms in total. The maximum Gasteiger partial charge on any atom is 0.312 e. The topological polar surface area (TPSA) is 83.7 Å². The van der Waals surface area contributed by atoms with Crippen molar-refractivity contribution in [3.05, 3.63) is 28.3 Å². The number of rotatable bonds is 2. The second kappa shape index (κ2) is 4.25. The Kier molecular flexibility index (Phi) is 2.93. The van der Waals surface area contributed by atoms with Gasteiger partial charge in [0.05, 0.1) is 10.6 Å². The molecule has 2 rings (SSSR count). The highest BCUT2D eigenvalue weighted by molar-refractivity contribution is 7.81. The van der Waals surface area contributed by atoms with Crippen molar-refractivity contribution in [1.82, 2.24) is 0 Å². The molecule has 1 saturated heterocycles. The van der Waals surface area contributed by atoms with Crippen molar-refractivity contribution in [2.75, 3.05) is 11.4 Å². The van der Waals surface area contributed by atoms with Crippen molar-refractivity contribution in [3.63, 3.8) is 0 Å². The van der Waals surface area contributed by atoms with E-state index in [0.717, 1.165) is 0 Å². The number of hydrogen-bond donors (Lipinski definition) is 2. The molecule has 7 heteroatoms. The zero-order valence-electron chi connectivity index (χ0n) is 8.74. The van der Waals surface area contributed by atoms with E-state index in [1.807, 2.05) is 0 Å². The van der Waals surface area contributed by atoms with E-state index >= 15 is 0 Å². The number of hydrogen-bond acceptors (Lipinski definition) is 5. The largest absolute Gasteiger partial charge is 0.502 e. The zero-order valence-corrected chi connectivity index (χ0v) is 9.63. The average Bonchev–Trinajstić information content (AvgIpc) is 2.58. The monoisotopic (exact) mass is 254 g/mol. The molecule has 0 saturated carbocycles. The number of benzene rings is 1. The van der Waals surface area contributed by atoms with Crippen molar-refractivity contribution in [3.8, 4) is 5.75 Å². The van der Waals surface area contributed by atoms with Crippen LogP contribution in [0.3, 0.4) is 0 Å². The molecule has 1 unspecified atom stereocenters. The first-order valence-corrected chi connectivity index (χ1v) is 5.46. The Balaban J connectivity index is 2.37. The lowest BCUT2D eigenvalue weighted by atomic mass is 10.2. The number of nitro benzene ring substituents is 1. The van der Waals surface area contributed by atoms with Gasteiger partial charge in [0.1, 0.15) is 0 Å². The van der Waals surface area contributed by atoms with Crippen LogP contribution in [0.2, 0.25) is 0 Å². The number of amides is 1. The molecule has 90 valence electrons. The fraction of sp³-hybridized carbons (Fsp3) is 0.300. The average molecular weight is 254 g/mol. The standard InChI is InChI=1S/C10H10N2O4S/c13-9-2-1-6(3-8(9)12(15)16)11-5-7(17)4-10(11)14/h1-3,7,13,17H,4-5H2. The molecule has 1 aliphatic heterocycles. The van der Waals surface area contributed by atoms with Gasteiger partial charge in [0.2, 0.25) is 5.91 Å². The number of nitro groups is 1. The second-order valence-electron chi connectivity index (χ2n) is 3.79. The van der Waals surface area contributed by atoms with Gasteiger partial charge in [-0.15, -0.1) is 0 Å². The highest BCUT2D eigenvalue weighted by Crippen LogP contribution is 2.32. The molecule has 1 atom stereocenters. The van der Waals surface area contributed by atoms with Crippen LogP contribution in [0.4, 0.5) is 11.4 Å². The minimum atomic E-state index is -0.683. The molecular formula is C10H10N2O4S. The summed E-state index contributed by atoms with van der Waals surface area (Å²) in [5.74, 6) is -0.530. The Morgan fingerprint density at radius 3 is 2.76 bits per heavy atom. The number of carbonyl (C=O) groups is 1. The van der Waals surface area contributed by atoms with Crippen LogP contribution in [0.15, 0.2) is 18.2 Å². The van der Waals surface area contributed by atoms with E-state index in [9.17, 15) is 20.0 Å². The lowest BCUT2D eigenvalue weighted by molar-refractivity contribution is -0.385. The highest BCUT2D eigenvalue weighted by Gasteiger charge is 2.29. The Morgan fingerprint density at radius 2 is 2.24 bits per heavy atom. The van der Waals surface area contributed by atoms with E-state index in [4.69, 9.17) is 0 Å². The first-order chi connectivity index (χ1) is 7.99. The summed E-state index contributed by atoms with van der Waals surface area (Å²) in [4.78, 5) is 23.0. The van der Waals surface area contributed by atoms with Gasteiger partial charge < -0.3 is 10.0 Å². The molecule has 0 spiro atoms. The summed E-state index contributed by atoms with van der Waals surface area (Å²) in [6.07, 6.45) is 0.317. The third-order valence-electron chi connectivity index (χ3n) is 2.57. The molecular weight excluding hydrogens is 244 g/mol. The molecule has 1 N–H and O–H groups in total. The van der Waals surface area contributed by atoms with Crippen LogP contribution in [-0.4, -0.2) is 27.7 Å². The maximum absolute atomic E-state index is 11.6. The van der Waals surface area contributed by atoms with Gasteiger partial charge in [-0.05, 0) is 12.1 Å². The summed E-state index contributed by atoms with van der Waals surface area (Å²) in [6.45, 7) is 0.421. The third kappa shape index (κ3) is 2.19. The molecule has 1 heterocycles. The Bertz CT molecular complexity index is 491. The minimum Gasteiger partial charge on any atom is -0.502 e. The smallest absolute Gasteiger partial charge is 0.312 e. The van der Waals surface area contributed by atoms with E-state index in [0.29, 0.717) is 18.7 Å². The third-order valence-corrected chi connectivity index (χ3v) is 2.92. The van der Waals surface area contributed by atoms with E-state index < -0.39 is 16.4 Å². The van der Waals surface area contributed by atoms with Gasteiger partial charge in [-0.25, -0.2) is 0 Å². The number of phenolic OH excluding ortho intramolecular Hbond substituents is 1. The van der Waals surface area contributed by atoms with Crippen molar-refractivity contribution >= 4 is 29.9 Å². The fourth-order valence-electron chi connectivity index (χ4n) is 1.76. The Labute approximate surface area is 102 Å². The number of carbonyl (C=O) groups excluding carboxylic acids is 1. The molecule has 17 heavy (non-hydrogen) atoms. The summed E-state index contributed by atoms with van der Waals surface area (Å²) in [7, 11) is 0. The van der Waals surface area contributed by atoms with Crippen LogP contribution >= 0.6 is 12.6 Å². The summed E-state index contributed by atoms with van der Waals surface area (Å²) < 4.78 is 0. The minimum absolute atomic E-state index is 0.0599. The summed E-state index contributed by atoms with van der Waals surface area (Å²) in [6, 6.07) is 3.89. The van der Waals surface area contributed by atoms with Crippen molar-refractivity contribution < 1.29 is 14.8 Å². The van der Waals surface area contributed by atoms with Gasteiger partial charge >= 0.3 is 5.69 Å². The van der Waals surface area contributed by atoms with Crippen molar-refractivity contribution in [2.24, 2.45) is 0 Å². The molecule has 0 aliphatic carbocycles. The predicted octanol–water partition coefficient (Wildman–Crippen LogP) is 1.34. The van der Waals surface area contributed by atoms with Crippen molar-refractivity contribution in [2.45, 2.75) is 11.7 Å². The van der Waals surface area contributed by atoms with E-state index in [1.54, 1.807) is 0 Å². The second-order valence-corrected chi connectivity index (χ2v) is 4.52. The quantitative estimate of drug-likeness (QED) is 0.474. The fourth-order valence-corrected chi connectivity index (χ4v) is 2.08. The lowest BCUT2D eigenvalue weighted by Crippen LogP contribution is -2.24. The van der Waals surface area contributed by atoms with Crippen LogP contribution in [0.25, 0.3) is 0 Å². The van der Waals surface area contributed by atoms with Crippen LogP contribution < -0.4 is 4.90 Å². The van der Waals surface area contributed by atoms with E-state index in [1.165, 1.54) is 23.1 Å². The number of anilines is 1. The molecule has 1 aromatic rings. The number of phenols is 1. The first-order valence-electron chi connectivity index (χ1n) is 4.95. The van der Waals surface area contributed by atoms with Crippen LogP contribution in [-0.2, 0) is 4.79 Å². The van der Waals surface area contributed by atoms with Crippen LogP contribution in [0.1, 0.15) is 6.42 Å². The normalized spacial score (nSPS) is 19.7. The molecule has 0 radical (unpaired) electrons. The van der Waals surface area contributed by atoms with E-state index in [2.05, 4.69) is 12.6 Å². The predicted molar refractivity (Wildman–Crippen MR) is 64.5 cm³/mol. The summed E-state index contributed by atoms with van der Waals surface area (Å²) in [5.41, 5.74) is 0.00830. The van der Waals surface area contributed by atoms with Gasteiger partial charge in [0, 0.05) is 24.3 Å². The molecule has 0 bridgehead atoms. The molecule has 1 aromatic carbocycles. The lowest BCUT2D eigenvalue weighted by Gasteiger charge is -2.15. The highest BCUT2D eigenvalue weighted by atomic mass is 32.1. The molecule has 1 aliphatic rings. The molecule has 1 amide bonds. The SMILES string of the molecule is O=C1CC(S)CN1c1ccc(O)c([N+](=O)[O-])c1. The summed E-state index contributed by atoms with van der Waals surface area (Å²) >= 11 is 4.20. The number of nitrogens with zero attached hydrogens (tertiary/aromatic N) is 2. The van der Waals surface area contributed by atoms with Gasteiger partial charge in [-0.3, -0.25) is 14.9 Å². The van der Waals surface area contributed by atoms with Crippen LogP contribution in [0.5, 0.6) is 5.75 Å². The summed E-state index contributed by atoms with van der Waals surface area (Å²) in [5, 5.41) is 19.9. The first kappa shape index (κ1) is 11.7. The number of thiol groups is 1. The zero-order chi connectivity index (χ0) is 12.6. The van der Waals surface area contributed by atoms with Crippen LogP contribution in [0, 0.1) is 10.1 Å². The van der Waals surface area contributed by atoms with Gasteiger partial charge in [-0.2, -0.15) is 12.6 Å². The van der Waals surface area contributed by atoms with Gasteiger partial charge in [0.25, 0.3) is 0 Å². The van der Waals surface area contributed by atoms with Gasteiger partial charge in [-0.1, -0.05) is 0 Å². The molecule has 0 aromatic heterocycles. The Hall–Kier alpha value is -1.76. The maximum atomic E-state index is 11.6. The Morgan fingerprint density at radius 1 is 1.53 bits per heavy atom. The van der Waals surface area contributed by atoms with Gasteiger partial charge in [0.15, 0.2) is 5.75 Å². The van der Waals surface area contributed by atoms with Crippen molar-refractivity contribution in [1.29, 1.82) is 0 Å². The molecule has 1 fully saturated rings. The van der Waals surface area contributed by atoms with E-state index in [-0.39, 0.29) is 11.2 Å².